The lowest BCUT2D eigenvalue weighted by Gasteiger charge is -2.23. The first-order valence-electron chi connectivity index (χ1n) is 9.70. The summed E-state index contributed by atoms with van der Waals surface area (Å²) in [5, 5.41) is 3.77. The molecule has 0 spiro atoms. The predicted octanol–water partition coefficient (Wildman–Crippen LogP) is 3.36. The van der Waals surface area contributed by atoms with E-state index in [9.17, 15) is 14.4 Å². The van der Waals surface area contributed by atoms with E-state index < -0.39 is 0 Å². The molecule has 2 aromatic carbocycles. The van der Waals surface area contributed by atoms with E-state index >= 15 is 0 Å². The molecule has 0 saturated carbocycles. The second-order valence-electron chi connectivity index (χ2n) is 6.97. The standard InChI is InChI=1S/C23H19ClN4O3/c24-16-8-10-18(11-9-16)27(15-17-5-3-4-13-25-17)21(29)12-14-28-23(31)20-7-2-1-6-19(20)22(30)26-28/h1-11,13H,12,14-15H2,(H,26,30). The van der Waals surface area contributed by atoms with Crippen LogP contribution < -0.4 is 16.0 Å². The number of hydrogen-bond acceptors (Lipinski definition) is 4. The van der Waals surface area contributed by atoms with Gasteiger partial charge in [-0.1, -0.05) is 29.8 Å². The molecule has 7 nitrogen and oxygen atoms in total. The summed E-state index contributed by atoms with van der Waals surface area (Å²) in [7, 11) is 0. The molecular weight excluding hydrogens is 416 g/mol. The maximum absolute atomic E-state index is 13.1. The van der Waals surface area contributed by atoms with Gasteiger partial charge in [-0.2, -0.15) is 0 Å². The number of amides is 1. The molecule has 0 unspecified atom stereocenters. The van der Waals surface area contributed by atoms with Gasteiger partial charge in [-0.3, -0.25) is 24.5 Å². The lowest BCUT2D eigenvalue weighted by atomic mass is 10.2. The fourth-order valence-corrected chi connectivity index (χ4v) is 3.47. The van der Waals surface area contributed by atoms with Gasteiger partial charge in [0, 0.05) is 23.3 Å². The van der Waals surface area contributed by atoms with Crippen LogP contribution in [0.3, 0.4) is 0 Å². The molecule has 2 aromatic heterocycles. The zero-order chi connectivity index (χ0) is 21.8. The Bertz CT molecular complexity index is 1330. The van der Waals surface area contributed by atoms with Crippen LogP contribution >= 0.6 is 11.6 Å². The third kappa shape index (κ3) is 4.57. The number of aryl methyl sites for hydroxylation is 1. The second-order valence-corrected chi connectivity index (χ2v) is 7.41. The molecule has 0 aliphatic carbocycles. The van der Waals surface area contributed by atoms with Crippen molar-refractivity contribution in [1.82, 2.24) is 14.8 Å². The molecule has 0 fully saturated rings. The Balaban J connectivity index is 1.60. The molecule has 1 amide bonds. The number of benzene rings is 2. The number of aromatic amines is 1. The Labute approximate surface area is 182 Å². The van der Waals surface area contributed by atoms with Crippen molar-refractivity contribution in [1.29, 1.82) is 0 Å². The van der Waals surface area contributed by atoms with Crippen molar-refractivity contribution in [2.75, 3.05) is 4.90 Å². The largest absolute Gasteiger partial charge is 0.306 e. The number of nitrogens with one attached hydrogen (secondary N) is 1. The number of hydrogen-bond donors (Lipinski definition) is 1. The third-order valence-corrected chi connectivity index (χ3v) is 5.17. The van der Waals surface area contributed by atoms with E-state index in [4.69, 9.17) is 11.6 Å². The normalized spacial score (nSPS) is 10.9. The Morgan fingerprint density at radius 3 is 2.39 bits per heavy atom. The average molecular weight is 435 g/mol. The first-order valence-corrected chi connectivity index (χ1v) is 10.1. The highest BCUT2D eigenvalue weighted by molar-refractivity contribution is 6.30. The molecule has 0 saturated heterocycles. The van der Waals surface area contributed by atoms with Gasteiger partial charge in [0.2, 0.25) is 5.91 Å². The summed E-state index contributed by atoms with van der Waals surface area (Å²) >= 11 is 5.99. The molecule has 8 heteroatoms. The highest BCUT2D eigenvalue weighted by Gasteiger charge is 2.18. The molecule has 4 aromatic rings. The first-order chi connectivity index (χ1) is 15.0. The summed E-state index contributed by atoms with van der Waals surface area (Å²) in [4.78, 5) is 44.0. The van der Waals surface area contributed by atoms with Gasteiger partial charge in [0.1, 0.15) is 0 Å². The van der Waals surface area contributed by atoms with Crippen LogP contribution in [0.25, 0.3) is 10.8 Å². The van der Waals surface area contributed by atoms with Crippen molar-refractivity contribution in [3.8, 4) is 0 Å². The topological polar surface area (TPSA) is 88.1 Å². The smallest absolute Gasteiger partial charge is 0.273 e. The summed E-state index contributed by atoms with van der Waals surface area (Å²) in [6.45, 7) is 0.314. The van der Waals surface area contributed by atoms with Crippen LogP contribution in [-0.2, 0) is 17.9 Å². The lowest BCUT2D eigenvalue weighted by molar-refractivity contribution is -0.119. The summed E-state index contributed by atoms with van der Waals surface area (Å²) < 4.78 is 1.18. The molecule has 4 rings (SSSR count). The number of rotatable bonds is 6. The van der Waals surface area contributed by atoms with Crippen molar-refractivity contribution in [2.45, 2.75) is 19.5 Å². The van der Waals surface area contributed by atoms with Crippen LogP contribution in [0.15, 0.2) is 82.5 Å². The van der Waals surface area contributed by atoms with Gasteiger partial charge >= 0.3 is 0 Å². The van der Waals surface area contributed by atoms with Gasteiger partial charge in [-0.15, -0.1) is 0 Å². The summed E-state index contributed by atoms with van der Waals surface area (Å²) in [5.74, 6) is -0.214. The van der Waals surface area contributed by atoms with Crippen molar-refractivity contribution >= 4 is 34.0 Å². The van der Waals surface area contributed by atoms with E-state index in [2.05, 4.69) is 10.1 Å². The highest BCUT2D eigenvalue weighted by atomic mass is 35.5. The van der Waals surface area contributed by atoms with Gasteiger partial charge in [-0.25, -0.2) is 4.68 Å². The minimum Gasteiger partial charge on any atom is -0.306 e. The van der Waals surface area contributed by atoms with Crippen LogP contribution in [0, 0.1) is 0 Å². The quantitative estimate of drug-likeness (QED) is 0.504. The van der Waals surface area contributed by atoms with Crippen LogP contribution in [0.5, 0.6) is 0 Å². The molecular formula is C23H19ClN4O3. The molecule has 31 heavy (non-hydrogen) atoms. The zero-order valence-electron chi connectivity index (χ0n) is 16.5. The molecule has 0 aliphatic heterocycles. The van der Waals surface area contributed by atoms with Gasteiger partial charge in [0.15, 0.2) is 0 Å². The van der Waals surface area contributed by atoms with Crippen LogP contribution in [-0.4, -0.2) is 20.7 Å². The van der Waals surface area contributed by atoms with Crippen molar-refractivity contribution in [3.05, 3.63) is 104 Å². The Morgan fingerprint density at radius 2 is 1.68 bits per heavy atom. The van der Waals surface area contributed by atoms with Gasteiger partial charge < -0.3 is 4.90 Å². The maximum atomic E-state index is 13.1. The van der Waals surface area contributed by atoms with E-state index in [-0.39, 0.29) is 36.5 Å². The van der Waals surface area contributed by atoms with E-state index in [1.54, 1.807) is 65.7 Å². The Morgan fingerprint density at radius 1 is 0.968 bits per heavy atom. The molecule has 0 atom stereocenters. The second kappa shape index (κ2) is 8.97. The first kappa shape index (κ1) is 20.6. The fraction of sp³-hybridized carbons (Fsp3) is 0.130. The van der Waals surface area contributed by atoms with Gasteiger partial charge in [0.05, 0.1) is 29.6 Å². The number of pyridine rings is 1. The number of fused-ring (bicyclic) bond motifs is 1. The van der Waals surface area contributed by atoms with E-state index in [1.165, 1.54) is 4.68 Å². The SMILES string of the molecule is O=C(CCn1[nH]c(=O)c2ccccc2c1=O)N(Cc1ccccn1)c1ccc(Cl)cc1. The number of nitrogens with zero attached hydrogens (tertiary/aromatic N) is 3. The number of carbonyl (C=O) groups excluding carboxylic acids is 1. The van der Waals surface area contributed by atoms with Crippen LogP contribution in [0.1, 0.15) is 12.1 Å². The van der Waals surface area contributed by atoms with Gasteiger partial charge in [0.25, 0.3) is 11.1 Å². The van der Waals surface area contributed by atoms with Gasteiger partial charge in [-0.05, 0) is 48.5 Å². The fourth-order valence-electron chi connectivity index (χ4n) is 3.34. The number of carbonyl (C=O) groups is 1. The molecule has 0 aliphatic rings. The minimum absolute atomic E-state index is 0.0175. The lowest BCUT2D eigenvalue weighted by Crippen LogP contribution is -2.34. The van der Waals surface area contributed by atoms with E-state index in [1.807, 2.05) is 12.1 Å². The van der Waals surface area contributed by atoms with Crippen molar-refractivity contribution in [3.63, 3.8) is 0 Å². The Hall–Kier alpha value is -3.71. The molecule has 0 radical (unpaired) electrons. The monoisotopic (exact) mass is 434 g/mol. The molecule has 2 heterocycles. The zero-order valence-corrected chi connectivity index (χ0v) is 17.2. The summed E-state index contributed by atoms with van der Waals surface area (Å²) in [6, 6.07) is 19.0. The summed E-state index contributed by atoms with van der Waals surface area (Å²) in [5.41, 5.74) is 0.679. The molecule has 156 valence electrons. The number of anilines is 1. The molecule has 1 N–H and O–H groups in total. The third-order valence-electron chi connectivity index (χ3n) is 4.92. The summed E-state index contributed by atoms with van der Waals surface area (Å²) in [6.07, 6.45) is 1.68. The van der Waals surface area contributed by atoms with E-state index in [0.29, 0.717) is 21.5 Å². The average Bonchev–Trinajstić information content (AvgIpc) is 2.80. The number of H-pyrrole nitrogens is 1. The molecule has 0 bridgehead atoms. The van der Waals surface area contributed by atoms with E-state index in [0.717, 1.165) is 5.69 Å². The van der Waals surface area contributed by atoms with Crippen LogP contribution in [0.2, 0.25) is 5.02 Å². The Kier molecular flexibility index (Phi) is 5.95. The van der Waals surface area contributed by atoms with Crippen molar-refractivity contribution < 1.29 is 4.79 Å². The minimum atomic E-state index is -0.370. The highest BCUT2D eigenvalue weighted by Crippen LogP contribution is 2.21. The number of halogens is 1. The van der Waals surface area contributed by atoms with Crippen LogP contribution in [0.4, 0.5) is 5.69 Å². The maximum Gasteiger partial charge on any atom is 0.273 e. The predicted molar refractivity (Wildman–Crippen MR) is 120 cm³/mol. The van der Waals surface area contributed by atoms with Crippen molar-refractivity contribution in [2.24, 2.45) is 0 Å². The number of aromatic nitrogens is 3.